The zero-order valence-corrected chi connectivity index (χ0v) is 11.3. The summed E-state index contributed by atoms with van der Waals surface area (Å²) in [6.45, 7) is 0. The third-order valence-corrected chi connectivity index (χ3v) is 2.78. The van der Waals surface area contributed by atoms with Gasteiger partial charge in [0.25, 0.3) is 5.91 Å². The molecule has 2 rings (SSSR count). The van der Waals surface area contributed by atoms with E-state index in [2.05, 4.69) is 31.4 Å². The average molecular weight is 320 g/mol. The highest BCUT2D eigenvalue weighted by Gasteiger charge is 2.09. The SMILES string of the molecule is O=C(NN=Cc1ccncc1)c1ccc(Br)cc1O. The van der Waals surface area contributed by atoms with Crippen molar-refractivity contribution in [2.75, 3.05) is 0 Å². The fraction of sp³-hybridized carbons (Fsp3) is 0. The zero-order valence-electron chi connectivity index (χ0n) is 9.75. The van der Waals surface area contributed by atoms with Crippen molar-refractivity contribution in [3.8, 4) is 5.75 Å². The summed E-state index contributed by atoms with van der Waals surface area (Å²) in [4.78, 5) is 15.6. The van der Waals surface area contributed by atoms with Crippen molar-refractivity contribution in [1.29, 1.82) is 0 Å². The first kappa shape index (κ1) is 13.2. The largest absolute Gasteiger partial charge is 0.507 e. The Morgan fingerprint density at radius 3 is 2.74 bits per heavy atom. The van der Waals surface area contributed by atoms with Crippen LogP contribution in [0.3, 0.4) is 0 Å². The third-order valence-electron chi connectivity index (χ3n) is 2.29. The van der Waals surface area contributed by atoms with Crippen LogP contribution in [-0.4, -0.2) is 22.2 Å². The van der Waals surface area contributed by atoms with E-state index in [1.165, 1.54) is 18.3 Å². The number of phenols is 1. The standard InChI is InChI=1S/C13H10BrN3O2/c14-10-1-2-11(12(18)7-10)13(19)17-16-8-9-3-5-15-6-4-9/h1-8,18H,(H,17,19). The fourth-order valence-corrected chi connectivity index (χ4v) is 1.72. The van der Waals surface area contributed by atoms with Crippen molar-refractivity contribution in [3.05, 3.63) is 58.3 Å². The number of hydrogen-bond acceptors (Lipinski definition) is 4. The smallest absolute Gasteiger partial charge is 0.275 e. The third kappa shape index (κ3) is 3.62. The summed E-state index contributed by atoms with van der Waals surface area (Å²) in [5, 5.41) is 13.4. The van der Waals surface area contributed by atoms with E-state index in [0.29, 0.717) is 4.47 Å². The minimum absolute atomic E-state index is 0.106. The Labute approximate surface area is 118 Å². The van der Waals surface area contributed by atoms with Crippen LogP contribution < -0.4 is 5.43 Å². The van der Waals surface area contributed by atoms with Gasteiger partial charge in [0, 0.05) is 16.9 Å². The van der Waals surface area contributed by atoms with Crippen LogP contribution in [0.5, 0.6) is 5.75 Å². The van der Waals surface area contributed by atoms with Crippen LogP contribution in [-0.2, 0) is 0 Å². The number of halogens is 1. The number of pyridine rings is 1. The molecule has 19 heavy (non-hydrogen) atoms. The molecular weight excluding hydrogens is 310 g/mol. The van der Waals surface area contributed by atoms with Gasteiger partial charge >= 0.3 is 0 Å². The number of aromatic hydroxyl groups is 1. The van der Waals surface area contributed by atoms with Crippen LogP contribution in [0.2, 0.25) is 0 Å². The second kappa shape index (κ2) is 6.10. The molecular formula is C13H10BrN3O2. The molecule has 1 aromatic heterocycles. The molecule has 1 heterocycles. The molecule has 0 aliphatic carbocycles. The lowest BCUT2D eigenvalue weighted by molar-refractivity contribution is 0.0952. The predicted octanol–water partition coefficient (Wildman–Crippen LogP) is 2.31. The van der Waals surface area contributed by atoms with E-state index in [4.69, 9.17) is 0 Å². The summed E-state index contributed by atoms with van der Waals surface area (Å²) in [7, 11) is 0. The highest BCUT2D eigenvalue weighted by Crippen LogP contribution is 2.21. The summed E-state index contributed by atoms with van der Waals surface area (Å²) in [5.41, 5.74) is 3.32. The van der Waals surface area contributed by atoms with E-state index < -0.39 is 5.91 Å². The van der Waals surface area contributed by atoms with Gasteiger partial charge in [-0.25, -0.2) is 5.43 Å². The van der Waals surface area contributed by atoms with Gasteiger partial charge in [0.1, 0.15) is 5.75 Å². The van der Waals surface area contributed by atoms with Gasteiger partial charge in [-0.15, -0.1) is 0 Å². The summed E-state index contributed by atoms with van der Waals surface area (Å²) < 4.78 is 0.696. The number of carbonyl (C=O) groups is 1. The van der Waals surface area contributed by atoms with E-state index >= 15 is 0 Å². The Hall–Kier alpha value is -2.21. The van der Waals surface area contributed by atoms with E-state index in [1.807, 2.05) is 0 Å². The summed E-state index contributed by atoms with van der Waals surface area (Å²) in [6.07, 6.45) is 4.75. The Balaban J connectivity index is 2.04. The molecule has 0 saturated carbocycles. The quantitative estimate of drug-likeness (QED) is 0.673. The number of phenolic OH excluding ortho intramolecular Hbond substituents is 1. The van der Waals surface area contributed by atoms with Crippen molar-refractivity contribution < 1.29 is 9.90 Å². The van der Waals surface area contributed by atoms with Crippen LogP contribution in [0, 0.1) is 0 Å². The number of nitrogens with zero attached hydrogens (tertiary/aromatic N) is 2. The summed E-state index contributed by atoms with van der Waals surface area (Å²) >= 11 is 3.20. The number of aromatic nitrogens is 1. The number of carbonyl (C=O) groups excluding carboxylic acids is 1. The highest BCUT2D eigenvalue weighted by molar-refractivity contribution is 9.10. The Morgan fingerprint density at radius 1 is 1.32 bits per heavy atom. The van der Waals surface area contributed by atoms with Crippen molar-refractivity contribution >= 4 is 28.1 Å². The maximum atomic E-state index is 11.8. The van der Waals surface area contributed by atoms with Gasteiger partial charge in [0.2, 0.25) is 0 Å². The molecule has 96 valence electrons. The molecule has 5 nitrogen and oxygen atoms in total. The van der Waals surface area contributed by atoms with Gasteiger partial charge in [0.15, 0.2) is 0 Å². The molecule has 1 amide bonds. The number of nitrogens with one attached hydrogen (secondary N) is 1. The first-order valence-electron chi connectivity index (χ1n) is 5.39. The van der Waals surface area contributed by atoms with Gasteiger partial charge in [-0.2, -0.15) is 5.10 Å². The first-order valence-corrected chi connectivity index (χ1v) is 6.18. The zero-order chi connectivity index (χ0) is 13.7. The minimum Gasteiger partial charge on any atom is -0.507 e. The molecule has 2 N–H and O–H groups in total. The second-order valence-electron chi connectivity index (χ2n) is 3.64. The van der Waals surface area contributed by atoms with E-state index in [1.54, 1.807) is 30.6 Å². The van der Waals surface area contributed by atoms with Crippen LogP contribution in [0.4, 0.5) is 0 Å². The number of benzene rings is 1. The van der Waals surface area contributed by atoms with Gasteiger partial charge < -0.3 is 5.11 Å². The maximum Gasteiger partial charge on any atom is 0.275 e. The number of amides is 1. The van der Waals surface area contributed by atoms with Crippen LogP contribution in [0.1, 0.15) is 15.9 Å². The van der Waals surface area contributed by atoms with E-state index in [-0.39, 0.29) is 11.3 Å². The molecule has 2 aromatic rings. The van der Waals surface area contributed by atoms with Gasteiger partial charge in [-0.1, -0.05) is 15.9 Å². The second-order valence-corrected chi connectivity index (χ2v) is 4.56. The van der Waals surface area contributed by atoms with E-state index in [9.17, 15) is 9.90 Å². The molecule has 0 bridgehead atoms. The molecule has 0 radical (unpaired) electrons. The summed E-state index contributed by atoms with van der Waals surface area (Å²) in [5.74, 6) is -0.582. The fourth-order valence-electron chi connectivity index (χ4n) is 1.37. The van der Waals surface area contributed by atoms with Crippen LogP contribution in [0.15, 0.2) is 52.3 Å². The van der Waals surface area contributed by atoms with Crippen molar-refractivity contribution in [3.63, 3.8) is 0 Å². The monoisotopic (exact) mass is 319 g/mol. The molecule has 0 unspecified atom stereocenters. The first-order chi connectivity index (χ1) is 9.16. The molecule has 0 spiro atoms. The van der Waals surface area contributed by atoms with Gasteiger partial charge in [-0.3, -0.25) is 9.78 Å². The number of hydrazone groups is 1. The molecule has 6 heteroatoms. The molecule has 0 saturated heterocycles. The maximum absolute atomic E-state index is 11.8. The molecule has 1 aromatic carbocycles. The van der Waals surface area contributed by atoms with Crippen molar-refractivity contribution in [2.24, 2.45) is 5.10 Å². The molecule has 0 fully saturated rings. The minimum atomic E-state index is -0.477. The Bertz CT molecular complexity index is 615. The van der Waals surface area contributed by atoms with Gasteiger partial charge in [0.05, 0.1) is 11.8 Å². The normalized spacial score (nSPS) is 10.6. The van der Waals surface area contributed by atoms with Crippen LogP contribution >= 0.6 is 15.9 Å². The summed E-state index contributed by atoms with van der Waals surface area (Å²) in [6, 6.07) is 8.14. The van der Waals surface area contributed by atoms with Crippen LogP contribution in [0.25, 0.3) is 0 Å². The lowest BCUT2D eigenvalue weighted by atomic mass is 10.2. The molecule has 0 aliphatic heterocycles. The lowest BCUT2D eigenvalue weighted by Gasteiger charge is -2.03. The average Bonchev–Trinajstić information content (AvgIpc) is 2.39. The lowest BCUT2D eigenvalue weighted by Crippen LogP contribution is -2.17. The number of hydrogen-bond donors (Lipinski definition) is 2. The number of rotatable bonds is 3. The van der Waals surface area contributed by atoms with Crippen molar-refractivity contribution in [1.82, 2.24) is 10.4 Å². The van der Waals surface area contributed by atoms with E-state index in [0.717, 1.165) is 5.56 Å². The molecule has 0 atom stereocenters. The van der Waals surface area contributed by atoms with Gasteiger partial charge in [-0.05, 0) is 35.9 Å². The Kier molecular flexibility index (Phi) is 4.25. The highest BCUT2D eigenvalue weighted by atomic mass is 79.9. The topological polar surface area (TPSA) is 74.6 Å². The predicted molar refractivity (Wildman–Crippen MR) is 75.1 cm³/mol. The molecule has 0 aliphatic rings. The van der Waals surface area contributed by atoms with Crippen molar-refractivity contribution in [2.45, 2.75) is 0 Å². The Morgan fingerprint density at radius 2 is 2.05 bits per heavy atom.